The molecule has 2 heteroatoms. The van der Waals surface area contributed by atoms with E-state index >= 15 is 0 Å². The third-order valence-electron chi connectivity index (χ3n) is 6.48. The van der Waals surface area contributed by atoms with Crippen molar-refractivity contribution in [2.75, 3.05) is 0 Å². The van der Waals surface area contributed by atoms with E-state index in [9.17, 15) is 10.2 Å². The van der Waals surface area contributed by atoms with Gasteiger partial charge in [-0.05, 0) is 72.4 Å². The molecule has 0 spiro atoms. The minimum Gasteiger partial charge on any atom is -0.508 e. The average Bonchev–Trinajstić information content (AvgIpc) is 2.69. The van der Waals surface area contributed by atoms with Crippen LogP contribution in [0.3, 0.4) is 0 Å². The maximum Gasteiger partial charge on any atom is 0.119 e. The summed E-state index contributed by atoms with van der Waals surface area (Å²) in [5.41, 5.74) is 4.50. The van der Waals surface area contributed by atoms with Gasteiger partial charge in [-0.3, -0.25) is 0 Å². The summed E-state index contributed by atoms with van der Waals surface area (Å²) in [6.07, 6.45) is 12.3. The van der Waals surface area contributed by atoms with Crippen LogP contribution in [0.4, 0.5) is 0 Å². The van der Waals surface area contributed by atoms with Crippen LogP contribution in [0.25, 0.3) is 11.1 Å². The van der Waals surface area contributed by atoms with Gasteiger partial charge >= 0.3 is 0 Å². The lowest BCUT2D eigenvalue weighted by Crippen LogP contribution is -2.07. The zero-order chi connectivity index (χ0) is 17.9. The predicted molar refractivity (Wildman–Crippen MR) is 107 cm³/mol. The van der Waals surface area contributed by atoms with Gasteiger partial charge in [0, 0.05) is 5.56 Å². The first kappa shape index (κ1) is 17.5. The van der Waals surface area contributed by atoms with Crippen LogP contribution in [-0.4, -0.2) is 10.2 Å². The number of hydrogen-bond acceptors (Lipinski definition) is 2. The van der Waals surface area contributed by atoms with E-state index < -0.39 is 0 Å². The van der Waals surface area contributed by atoms with Gasteiger partial charge in [-0.1, -0.05) is 56.7 Å². The molecule has 0 bridgehead atoms. The lowest BCUT2D eigenvalue weighted by Gasteiger charge is -2.26. The number of aromatic hydroxyl groups is 2. The van der Waals surface area contributed by atoms with E-state index in [-0.39, 0.29) is 0 Å². The van der Waals surface area contributed by atoms with Crippen molar-refractivity contribution in [1.82, 2.24) is 0 Å². The SMILES string of the molecule is Oc1ccc(-c2cccc(O)c2C2CCCCC2)cc1C1CCCCC1. The van der Waals surface area contributed by atoms with Crippen LogP contribution in [0.2, 0.25) is 0 Å². The number of phenols is 2. The second kappa shape index (κ2) is 7.73. The van der Waals surface area contributed by atoms with Crippen molar-refractivity contribution in [2.24, 2.45) is 0 Å². The van der Waals surface area contributed by atoms with Gasteiger partial charge in [-0.2, -0.15) is 0 Å². The Labute approximate surface area is 156 Å². The van der Waals surface area contributed by atoms with Crippen LogP contribution in [0.15, 0.2) is 36.4 Å². The highest BCUT2D eigenvalue weighted by molar-refractivity contribution is 5.72. The van der Waals surface area contributed by atoms with Crippen LogP contribution in [-0.2, 0) is 0 Å². The summed E-state index contributed by atoms with van der Waals surface area (Å²) in [6, 6.07) is 12.0. The maximum atomic E-state index is 10.6. The first-order chi connectivity index (χ1) is 12.7. The quantitative estimate of drug-likeness (QED) is 0.635. The van der Waals surface area contributed by atoms with Gasteiger partial charge in [-0.15, -0.1) is 0 Å². The Hall–Kier alpha value is -1.96. The van der Waals surface area contributed by atoms with Crippen molar-refractivity contribution in [3.05, 3.63) is 47.5 Å². The largest absolute Gasteiger partial charge is 0.508 e. The molecule has 2 aliphatic carbocycles. The summed E-state index contributed by atoms with van der Waals surface area (Å²) >= 11 is 0. The van der Waals surface area contributed by atoms with Gasteiger partial charge in [0.05, 0.1) is 0 Å². The molecule has 2 N–H and O–H groups in total. The summed E-state index contributed by atoms with van der Waals surface area (Å²) < 4.78 is 0. The van der Waals surface area contributed by atoms with Gasteiger partial charge in [0.25, 0.3) is 0 Å². The summed E-state index contributed by atoms with van der Waals surface area (Å²) in [7, 11) is 0. The molecule has 0 amide bonds. The van der Waals surface area contributed by atoms with Crippen molar-refractivity contribution in [1.29, 1.82) is 0 Å². The van der Waals surface area contributed by atoms with Crippen molar-refractivity contribution < 1.29 is 10.2 Å². The van der Waals surface area contributed by atoms with Crippen molar-refractivity contribution in [2.45, 2.75) is 76.0 Å². The lowest BCUT2D eigenvalue weighted by molar-refractivity contribution is 0.414. The van der Waals surface area contributed by atoms with Crippen LogP contribution in [0.1, 0.15) is 87.2 Å². The third kappa shape index (κ3) is 3.47. The van der Waals surface area contributed by atoms with Crippen LogP contribution in [0.5, 0.6) is 11.5 Å². The molecule has 2 saturated carbocycles. The Morgan fingerprint density at radius 3 is 2.00 bits per heavy atom. The number of benzene rings is 2. The monoisotopic (exact) mass is 350 g/mol. The molecule has 138 valence electrons. The standard InChI is InChI=1S/C24H30O2/c25-22-15-14-19(16-21(22)17-8-3-1-4-9-17)20-12-7-13-23(26)24(20)18-10-5-2-6-11-18/h7,12-18,25-26H,1-6,8-11H2. The highest BCUT2D eigenvalue weighted by atomic mass is 16.3. The molecule has 0 heterocycles. The second-order valence-electron chi connectivity index (χ2n) is 8.18. The molecule has 0 aromatic heterocycles. The molecule has 0 radical (unpaired) electrons. The zero-order valence-corrected chi connectivity index (χ0v) is 15.6. The van der Waals surface area contributed by atoms with Crippen molar-refractivity contribution in [3.8, 4) is 22.6 Å². The van der Waals surface area contributed by atoms with E-state index in [4.69, 9.17) is 0 Å². The molecule has 0 saturated heterocycles. The number of hydrogen-bond donors (Lipinski definition) is 2. The fraction of sp³-hybridized carbons (Fsp3) is 0.500. The van der Waals surface area contributed by atoms with E-state index in [1.165, 1.54) is 51.4 Å². The van der Waals surface area contributed by atoms with Gasteiger partial charge in [0.2, 0.25) is 0 Å². The first-order valence-corrected chi connectivity index (χ1v) is 10.4. The van der Waals surface area contributed by atoms with Gasteiger partial charge in [0.1, 0.15) is 11.5 Å². The van der Waals surface area contributed by atoms with Gasteiger partial charge in [0.15, 0.2) is 0 Å². The predicted octanol–water partition coefficient (Wildman–Crippen LogP) is 6.86. The van der Waals surface area contributed by atoms with E-state index in [1.54, 1.807) is 0 Å². The topological polar surface area (TPSA) is 40.5 Å². The molecule has 0 aliphatic heterocycles. The minimum atomic E-state index is 0.431. The number of phenolic OH excluding ortho intramolecular Hbond substituents is 2. The minimum absolute atomic E-state index is 0.431. The molecular formula is C24H30O2. The zero-order valence-electron chi connectivity index (χ0n) is 15.6. The smallest absolute Gasteiger partial charge is 0.119 e. The normalized spacial score (nSPS) is 19.5. The molecule has 2 aromatic carbocycles. The van der Waals surface area contributed by atoms with Gasteiger partial charge in [-0.25, -0.2) is 0 Å². The second-order valence-corrected chi connectivity index (χ2v) is 8.18. The van der Waals surface area contributed by atoms with Crippen molar-refractivity contribution in [3.63, 3.8) is 0 Å². The molecular weight excluding hydrogens is 320 g/mol. The lowest BCUT2D eigenvalue weighted by atomic mass is 9.79. The fourth-order valence-corrected chi connectivity index (χ4v) is 5.09. The summed E-state index contributed by atoms with van der Waals surface area (Å²) in [4.78, 5) is 0. The number of rotatable bonds is 3. The molecule has 2 aromatic rings. The highest BCUT2D eigenvalue weighted by Gasteiger charge is 2.24. The molecule has 4 rings (SSSR count). The van der Waals surface area contributed by atoms with E-state index in [2.05, 4.69) is 12.1 Å². The summed E-state index contributed by atoms with van der Waals surface area (Å²) in [6.45, 7) is 0. The molecule has 26 heavy (non-hydrogen) atoms. The first-order valence-electron chi connectivity index (χ1n) is 10.4. The van der Waals surface area contributed by atoms with Crippen LogP contribution >= 0.6 is 0 Å². The Morgan fingerprint density at radius 2 is 1.31 bits per heavy atom. The molecule has 2 fully saturated rings. The van der Waals surface area contributed by atoms with E-state index in [0.717, 1.165) is 35.1 Å². The van der Waals surface area contributed by atoms with E-state index in [0.29, 0.717) is 23.3 Å². The molecule has 2 nitrogen and oxygen atoms in total. The maximum absolute atomic E-state index is 10.6. The summed E-state index contributed by atoms with van der Waals surface area (Å²) in [5.74, 6) is 1.78. The van der Waals surface area contributed by atoms with Crippen LogP contribution in [0, 0.1) is 0 Å². The molecule has 0 unspecified atom stereocenters. The van der Waals surface area contributed by atoms with Crippen LogP contribution < -0.4 is 0 Å². The third-order valence-corrected chi connectivity index (χ3v) is 6.48. The molecule has 0 atom stereocenters. The van der Waals surface area contributed by atoms with Crippen molar-refractivity contribution >= 4 is 0 Å². The Balaban J connectivity index is 1.74. The highest BCUT2D eigenvalue weighted by Crippen LogP contribution is 2.44. The van der Waals surface area contributed by atoms with Gasteiger partial charge < -0.3 is 10.2 Å². The average molecular weight is 351 g/mol. The Morgan fingerprint density at radius 1 is 0.654 bits per heavy atom. The Kier molecular flexibility index (Phi) is 5.19. The molecule has 2 aliphatic rings. The fourth-order valence-electron chi connectivity index (χ4n) is 5.09. The van der Waals surface area contributed by atoms with E-state index in [1.807, 2.05) is 24.3 Å². The summed E-state index contributed by atoms with van der Waals surface area (Å²) in [5, 5.41) is 21.1. The Bertz CT molecular complexity index is 753.